The van der Waals surface area contributed by atoms with Crippen molar-refractivity contribution in [3.05, 3.63) is 71.2 Å². The summed E-state index contributed by atoms with van der Waals surface area (Å²) in [7, 11) is 0. The van der Waals surface area contributed by atoms with Gasteiger partial charge in [-0.15, -0.1) is 0 Å². The van der Waals surface area contributed by atoms with Gasteiger partial charge in [0.1, 0.15) is 18.3 Å². The smallest absolute Gasteiger partial charge is 0.338 e. The molecule has 9 nitrogen and oxygen atoms in total. The van der Waals surface area contributed by atoms with E-state index in [9.17, 15) is 19.5 Å². The van der Waals surface area contributed by atoms with E-state index in [0.717, 1.165) is 16.7 Å². The second-order valence-corrected chi connectivity index (χ2v) is 14.1. The minimum absolute atomic E-state index is 0.0463. The van der Waals surface area contributed by atoms with E-state index in [1.807, 2.05) is 26.0 Å². The molecule has 9 heteroatoms. The topological polar surface area (TPSA) is 122 Å². The van der Waals surface area contributed by atoms with Crippen LogP contribution in [0.5, 0.6) is 0 Å². The maximum absolute atomic E-state index is 13.9. The molecule has 0 amide bonds. The predicted molar refractivity (Wildman–Crippen MR) is 156 cm³/mol. The molecule has 0 radical (unpaired) electrons. The van der Waals surface area contributed by atoms with Gasteiger partial charge >= 0.3 is 17.9 Å². The lowest BCUT2D eigenvalue weighted by Crippen LogP contribution is -2.71. The van der Waals surface area contributed by atoms with Crippen molar-refractivity contribution in [3.8, 4) is 0 Å². The number of carbonyl (C=O) groups is 3. The molecule has 3 aliphatic carbocycles. The van der Waals surface area contributed by atoms with Gasteiger partial charge < -0.3 is 28.5 Å². The number of fused-ring (bicyclic) bond motifs is 4. The van der Waals surface area contributed by atoms with Crippen molar-refractivity contribution in [3.63, 3.8) is 0 Å². The Balaban J connectivity index is 1.44. The van der Waals surface area contributed by atoms with Crippen molar-refractivity contribution in [1.29, 1.82) is 0 Å². The summed E-state index contributed by atoms with van der Waals surface area (Å²) >= 11 is 0. The second kappa shape index (κ2) is 10.0. The number of allylic oxidation sites excluding steroid dienone is 1. The number of benzene rings is 1. The highest BCUT2D eigenvalue weighted by Gasteiger charge is 2.77. The molecule has 1 aromatic carbocycles. The number of furan rings is 1. The van der Waals surface area contributed by atoms with Crippen LogP contribution in [0.1, 0.15) is 75.7 Å². The fourth-order valence-corrected chi connectivity index (χ4v) is 10.2. The number of ether oxygens (including phenoxy) is 4. The number of esters is 3. The molecule has 0 bridgehead atoms. The highest BCUT2D eigenvalue weighted by atomic mass is 16.6. The summed E-state index contributed by atoms with van der Waals surface area (Å²) < 4.78 is 30.7. The van der Waals surface area contributed by atoms with E-state index in [0.29, 0.717) is 12.0 Å². The maximum atomic E-state index is 13.9. The third-order valence-corrected chi connectivity index (χ3v) is 12.0. The molecule has 4 fully saturated rings. The van der Waals surface area contributed by atoms with E-state index in [4.69, 9.17) is 23.4 Å². The molecule has 3 heterocycles. The second-order valence-electron chi connectivity index (χ2n) is 14.1. The van der Waals surface area contributed by atoms with E-state index in [1.54, 1.807) is 36.8 Å². The molecule has 2 aliphatic heterocycles. The van der Waals surface area contributed by atoms with Gasteiger partial charge in [0.25, 0.3) is 0 Å². The van der Waals surface area contributed by atoms with Gasteiger partial charge in [0, 0.05) is 47.8 Å². The van der Waals surface area contributed by atoms with Crippen LogP contribution in [-0.2, 0) is 28.5 Å². The summed E-state index contributed by atoms with van der Waals surface area (Å²) in [5.74, 6) is -2.16. The Bertz CT molecular complexity index is 1510. The van der Waals surface area contributed by atoms with Crippen molar-refractivity contribution >= 4 is 17.9 Å². The van der Waals surface area contributed by atoms with Crippen molar-refractivity contribution in [2.24, 2.45) is 28.1 Å². The lowest BCUT2D eigenvalue weighted by molar-refractivity contribution is -0.248. The van der Waals surface area contributed by atoms with Gasteiger partial charge in [-0.25, -0.2) is 4.79 Å². The summed E-state index contributed by atoms with van der Waals surface area (Å²) in [4.78, 5) is 39.8. The normalized spacial score (nSPS) is 42.5. The van der Waals surface area contributed by atoms with Crippen LogP contribution < -0.4 is 0 Å². The van der Waals surface area contributed by atoms with Gasteiger partial charge in [0.05, 0.1) is 36.9 Å². The molecule has 234 valence electrons. The Labute approximate surface area is 256 Å². The highest BCUT2D eigenvalue weighted by molar-refractivity contribution is 5.89. The number of aliphatic hydroxyl groups excluding tert-OH is 1. The largest absolute Gasteiger partial charge is 0.472 e. The first-order valence-electron chi connectivity index (χ1n) is 15.6. The monoisotopic (exact) mass is 604 g/mol. The van der Waals surface area contributed by atoms with Gasteiger partial charge in [-0.1, -0.05) is 44.5 Å². The van der Waals surface area contributed by atoms with Crippen LogP contribution in [0, 0.1) is 28.1 Å². The van der Waals surface area contributed by atoms with Crippen LogP contribution in [0.2, 0.25) is 0 Å². The average Bonchev–Trinajstić information content (AvgIpc) is 3.69. The quantitative estimate of drug-likeness (QED) is 0.292. The Morgan fingerprint density at radius 1 is 1.05 bits per heavy atom. The molecule has 11 atom stereocenters. The van der Waals surface area contributed by atoms with Crippen molar-refractivity contribution in [2.75, 3.05) is 6.61 Å². The van der Waals surface area contributed by atoms with Crippen LogP contribution in [-0.4, -0.2) is 60.1 Å². The molecule has 7 rings (SSSR count). The first kappa shape index (κ1) is 29.3. The van der Waals surface area contributed by atoms with Crippen LogP contribution in [0.25, 0.3) is 0 Å². The summed E-state index contributed by atoms with van der Waals surface area (Å²) in [6.45, 7) is 9.82. The molecule has 1 aromatic heterocycles. The Morgan fingerprint density at radius 3 is 2.48 bits per heavy atom. The summed E-state index contributed by atoms with van der Waals surface area (Å²) in [6, 6.07) is 10.8. The van der Waals surface area contributed by atoms with E-state index in [1.165, 1.54) is 6.92 Å². The Morgan fingerprint density at radius 2 is 1.80 bits per heavy atom. The third-order valence-electron chi connectivity index (χ3n) is 12.0. The first-order chi connectivity index (χ1) is 20.9. The van der Waals surface area contributed by atoms with Gasteiger partial charge in [0.15, 0.2) is 0 Å². The molecule has 5 aliphatic rings. The number of hydrogen-bond donors (Lipinski definition) is 1. The van der Waals surface area contributed by atoms with Gasteiger partial charge in [-0.2, -0.15) is 0 Å². The summed E-state index contributed by atoms with van der Waals surface area (Å²) in [5, 5.41) is 12.1. The van der Waals surface area contributed by atoms with Crippen molar-refractivity contribution in [1.82, 2.24) is 0 Å². The number of aliphatic hydroxyl groups is 1. The fraction of sp³-hybridized carbons (Fsp3) is 0.571. The molecule has 2 aromatic rings. The standard InChI is InChI=1S/C35H40O9/c1-18-22(21-11-12-40-16-21)13-23-28(18)35(5)24(14-27(38)43-23)34(4)25(37)15-26(42-19(2)36)33(3)17-41-29(30(33)34)31(35)44-32(39)20-9-7-6-8-10-20/h6-12,16,22-26,29-31,37H,13-15,17H2,1-5H3/t22-,23+,24-,25+,26-,29-,30+,31-,33-,34+,35-/m1/s1. The molecular formula is C35H40O9. The van der Waals surface area contributed by atoms with Crippen molar-refractivity contribution < 1.29 is 42.9 Å². The van der Waals surface area contributed by atoms with E-state index in [-0.39, 0.29) is 37.3 Å². The minimum atomic E-state index is -0.930. The zero-order chi connectivity index (χ0) is 31.2. The Kier molecular flexibility index (Phi) is 6.68. The molecule has 1 N–H and O–H groups in total. The first-order valence-corrected chi connectivity index (χ1v) is 15.6. The lowest BCUT2D eigenvalue weighted by atomic mass is 9.39. The van der Waals surface area contributed by atoms with Gasteiger partial charge in [-0.3, -0.25) is 9.59 Å². The van der Waals surface area contributed by atoms with Crippen molar-refractivity contribution in [2.45, 2.75) is 90.3 Å². The predicted octanol–water partition coefficient (Wildman–Crippen LogP) is 4.98. The lowest BCUT2D eigenvalue weighted by Gasteiger charge is -2.65. The summed E-state index contributed by atoms with van der Waals surface area (Å²) in [5.41, 5.74) is 0.906. The van der Waals surface area contributed by atoms with Crippen LogP contribution in [0.15, 0.2) is 64.5 Å². The fourth-order valence-electron chi connectivity index (χ4n) is 10.2. The zero-order valence-corrected chi connectivity index (χ0v) is 25.8. The molecule has 0 unspecified atom stereocenters. The molecule has 2 saturated carbocycles. The third kappa shape index (κ3) is 3.94. The van der Waals surface area contributed by atoms with E-state index >= 15 is 0 Å². The average molecular weight is 605 g/mol. The minimum Gasteiger partial charge on any atom is -0.472 e. The van der Waals surface area contributed by atoms with Gasteiger partial charge in [0.2, 0.25) is 0 Å². The Hall–Kier alpha value is -3.43. The maximum Gasteiger partial charge on any atom is 0.338 e. The van der Waals surface area contributed by atoms with E-state index < -0.39 is 64.6 Å². The number of carbonyl (C=O) groups excluding carboxylic acids is 3. The number of rotatable bonds is 4. The highest BCUT2D eigenvalue weighted by Crippen LogP contribution is 2.72. The van der Waals surface area contributed by atoms with E-state index in [2.05, 4.69) is 13.8 Å². The van der Waals surface area contributed by atoms with Gasteiger partial charge in [-0.05, 0) is 48.6 Å². The molecule has 2 saturated heterocycles. The molecule has 44 heavy (non-hydrogen) atoms. The zero-order valence-electron chi connectivity index (χ0n) is 25.8. The number of hydrogen-bond acceptors (Lipinski definition) is 9. The van der Waals surface area contributed by atoms with Crippen LogP contribution in [0.3, 0.4) is 0 Å². The SMILES string of the molecule is CC(=O)O[C@@H]1C[C@H](O)[C@@]2(C)[C@H]3[C@@H](OC[C@]13C)[C@@H](OC(=O)c1ccccc1)[C@@]1(C)C3=C(C)[C@H](c4ccoc4)C[C@@H]3OC(=O)C[C@@H]12. The summed E-state index contributed by atoms with van der Waals surface area (Å²) in [6.07, 6.45) is 0.683. The van der Waals surface area contributed by atoms with Crippen LogP contribution >= 0.6 is 0 Å². The van der Waals surface area contributed by atoms with Crippen LogP contribution in [0.4, 0.5) is 0 Å². The molecule has 0 spiro atoms. The molecular weight excluding hydrogens is 564 g/mol.